The summed E-state index contributed by atoms with van der Waals surface area (Å²) < 4.78 is 11.8. The summed E-state index contributed by atoms with van der Waals surface area (Å²) in [5, 5.41) is 14.1. The second-order valence-corrected chi connectivity index (χ2v) is 10.9. The van der Waals surface area contributed by atoms with Crippen LogP contribution in [0.1, 0.15) is 86.9 Å². The summed E-state index contributed by atoms with van der Waals surface area (Å²) in [4.78, 5) is 33.2. The molecule has 3 heterocycles. The number of para-hydroxylation sites is 1. The Hall–Kier alpha value is -3.59. The van der Waals surface area contributed by atoms with Crippen molar-refractivity contribution in [2.75, 3.05) is 6.61 Å². The van der Waals surface area contributed by atoms with Crippen LogP contribution >= 0.6 is 0 Å². The number of nitrogens with two attached hydrogens (primary N) is 1. The molecule has 202 valence electrons. The number of aliphatic imine (C=N–C) groups is 1. The first-order valence-corrected chi connectivity index (χ1v) is 13.3. The number of rotatable bonds is 5. The normalized spacial score (nSPS) is 25.3. The molecular formula is C29H36N4O5. The number of ether oxygens (including phenoxy) is 2. The smallest absolute Gasteiger partial charge is 0.251 e. The summed E-state index contributed by atoms with van der Waals surface area (Å²) in [7, 11) is 0. The van der Waals surface area contributed by atoms with Crippen LogP contribution in [0, 0.1) is 0 Å². The highest BCUT2D eigenvalue weighted by molar-refractivity contribution is 6.00. The van der Waals surface area contributed by atoms with Gasteiger partial charge in [0, 0.05) is 23.1 Å². The summed E-state index contributed by atoms with van der Waals surface area (Å²) in [5.74, 6) is 1.02. The second kappa shape index (κ2) is 9.62. The average molecular weight is 521 g/mol. The third-order valence-corrected chi connectivity index (χ3v) is 8.20. The molecule has 0 saturated heterocycles. The van der Waals surface area contributed by atoms with Gasteiger partial charge in [-0.1, -0.05) is 32.0 Å². The van der Waals surface area contributed by atoms with Gasteiger partial charge in [-0.3, -0.25) is 14.5 Å². The molecule has 0 spiro atoms. The summed E-state index contributed by atoms with van der Waals surface area (Å²) in [6.07, 6.45) is 1.33. The molecule has 0 aromatic heterocycles. The molecule has 0 fully saturated rings. The molecule has 0 saturated carbocycles. The molecule has 0 aliphatic carbocycles. The number of hydrogen-bond donors (Lipinski definition) is 3. The Morgan fingerprint density at radius 3 is 2.61 bits per heavy atom. The fourth-order valence-electron chi connectivity index (χ4n) is 5.74. The van der Waals surface area contributed by atoms with Gasteiger partial charge in [0.15, 0.2) is 5.96 Å². The van der Waals surface area contributed by atoms with Crippen molar-refractivity contribution < 1.29 is 24.2 Å². The van der Waals surface area contributed by atoms with Gasteiger partial charge in [0.05, 0.1) is 30.7 Å². The van der Waals surface area contributed by atoms with Gasteiger partial charge >= 0.3 is 0 Å². The molecule has 3 atom stereocenters. The van der Waals surface area contributed by atoms with E-state index in [1.54, 1.807) is 36.9 Å². The average Bonchev–Trinajstić information content (AvgIpc) is 2.90. The van der Waals surface area contributed by atoms with Crippen LogP contribution in [0.25, 0.3) is 0 Å². The van der Waals surface area contributed by atoms with Gasteiger partial charge in [-0.25, -0.2) is 4.99 Å². The van der Waals surface area contributed by atoms with E-state index in [4.69, 9.17) is 20.2 Å². The highest BCUT2D eigenvalue weighted by Gasteiger charge is 2.44. The summed E-state index contributed by atoms with van der Waals surface area (Å²) in [5.41, 5.74) is 6.85. The molecule has 5 rings (SSSR count). The molecule has 0 unspecified atom stereocenters. The number of carbonyl (C=O) groups is 2. The molecule has 4 N–H and O–H groups in total. The Bertz CT molecular complexity index is 1290. The maximum absolute atomic E-state index is 13.5. The molecule has 2 amide bonds. The molecule has 9 nitrogen and oxygen atoms in total. The van der Waals surface area contributed by atoms with E-state index < -0.39 is 23.3 Å². The number of hydrogen-bond acceptors (Lipinski definition) is 7. The van der Waals surface area contributed by atoms with Crippen LogP contribution < -0.4 is 20.5 Å². The SMILES string of the molecule is CCC1(CC)CC(=O)N([C@@H]2CCOc3ccc(C(=O)N[C@@H]4c5ccccc5OC(C)(C)[C@H]4O)cc32)C(N)=N1. The van der Waals surface area contributed by atoms with Gasteiger partial charge in [-0.05, 0) is 51.0 Å². The maximum Gasteiger partial charge on any atom is 0.251 e. The van der Waals surface area contributed by atoms with Crippen molar-refractivity contribution in [2.24, 2.45) is 10.7 Å². The van der Waals surface area contributed by atoms with E-state index >= 15 is 0 Å². The van der Waals surface area contributed by atoms with E-state index in [-0.39, 0.29) is 23.8 Å². The molecule has 0 bridgehead atoms. The predicted molar refractivity (Wildman–Crippen MR) is 143 cm³/mol. The van der Waals surface area contributed by atoms with Gasteiger partial charge in [0.25, 0.3) is 5.91 Å². The molecule has 2 aromatic rings. The highest BCUT2D eigenvalue weighted by atomic mass is 16.5. The lowest BCUT2D eigenvalue weighted by Gasteiger charge is -2.42. The topological polar surface area (TPSA) is 126 Å². The van der Waals surface area contributed by atoms with Gasteiger partial charge in [-0.15, -0.1) is 0 Å². The van der Waals surface area contributed by atoms with Crippen molar-refractivity contribution in [1.82, 2.24) is 10.2 Å². The molecule has 3 aliphatic rings. The zero-order valence-electron chi connectivity index (χ0n) is 22.4. The van der Waals surface area contributed by atoms with Gasteiger partial charge in [0.1, 0.15) is 23.2 Å². The third kappa shape index (κ3) is 4.38. The third-order valence-electron chi connectivity index (χ3n) is 8.20. The fraction of sp³-hybridized carbons (Fsp3) is 0.483. The molecule has 0 radical (unpaired) electrons. The number of amides is 2. The fourth-order valence-corrected chi connectivity index (χ4v) is 5.74. The molecule has 9 heteroatoms. The first kappa shape index (κ1) is 26.0. The van der Waals surface area contributed by atoms with Gasteiger partial charge in [-0.2, -0.15) is 0 Å². The van der Waals surface area contributed by atoms with E-state index in [9.17, 15) is 14.7 Å². The Balaban J connectivity index is 1.45. The minimum Gasteiger partial charge on any atom is -0.493 e. The van der Waals surface area contributed by atoms with Gasteiger partial charge in [0.2, 0.25) is 5.91 Å². The zero-order chi connectivity index (χ0) is 27.2. The lowest BCUT2D eigenvalue weighted by molar-refractivity contribution is -0.132. The summed E-state index contributed by atoms with van der Waals surface area (Å²) in [6.45, 7) is 8.05. The van der Waals surface area contributed by atoms with Crippen molar-refractivity contribution in [3.05, 3.63) is 59.2 Å². The van der Waals surface area contributed by atoms with E-state index in [1.807, 2.05) is 38.1 Å². The second-order valence-electron chi connectivity index (χ2n) is 10.9. The Kier molecular flexibility index (Phi) is 6.59. The molecule has 3 aliphatic heterocycles. The Morgan fingerprint density at radius 1 is 1.16 bits per heavy atom. The monoisotopic (exact) mass is 520 g/mol. The molecule has 38 heavy (non-hydrogen) atoms. The van der Waals surface area contributed by atoms with Gasteiger partial charge < -0.3 is 25.6 Å². The zero-order valence-corrected chi connectivity index (χ0v) is 22.4. The minimum absolute atomic E-state index is 0.0712. The predicted octanol–water partition coefficient (Wildman–Crippen LogP) is 3.62. The number of carbonyl (C=O) groups excluding carboxylic acids is 2. The van der Waals surface area contributed by atoms with Crippen molar-refractivity contribution in [3.63, 3.8) is 0 Å². The van der Waals surface area contributed by atoms with Crippen LogP contribution in [0.15, 0.2) is 47.5 Å². The first-order chi connectivity index (χ1) is 18.1. The Labute approximate surface area is 223 Å². The Morgan fingerprint density at radius 2 is 1.89 bits per heavy atom. The van der Waals surface area contributed by atoms with Crippen LogP contribution in [0.4, 0.5) is 0 Å². The van der Waals surface area contributed by atoms with E-state index in [2.05, 4.69) is 5.32 Å². The van der Waals surface area contributed by atoms with Crippen molar-refractivity contribution in [2.45, 2.75) is 82.7 Å². The molecular weight excluding hydrogens is 484 g/mol. The maximum atomic E-state index is 13.5. The standard InChI is InChI=1S/C29H36N4O5/c1-5-29(6-2)16-23(34)33(27(30)32-29)20-13-14-37-21-12-11-17(15-19(20)21)26(36)31-24-18-9-7-8-10-22(18)38-28(3,4)25(24)35/h7-12,15,20,24-25,35H,5-6,13-14,16H2,1-4H3,(H2,30,32)(H,31,36)/t20-,24-,25+/m1/s1. The van der Waals surface area contributed by atoms with Crippen LogP contribution in [0.2, 0.25) is 0 Å². The highest BCUT2D eigenvalue weighted by Crippen LogP contribution is 2.42. The number of nitrogens with zero attached hydrogens (tertiary/aromatic N) is 2. The van der Waals surface area contributed by atoms with E-state index in [0.29, 0.717) is 47.6 Å². The lowest BCUT2D eigenvalue weighted by Crippen LogP contribution is -2.53. The van der Waals surface area contributed by atoms with Crippen molar-refractivity contribution >= 4 is 17.8 Å². The van der Waals surface area contributed by atoms with Crippen LogP contribution in [-0.2, 0) is 4.79 Å². The lowest BCUT2D eigenvalue weighted by atomic mass is 9.86. The largest absolute Gasteiger partial charge is 0.493 e. The minimum atomic E-state index is -0.963. The number of aliphatic hydroxyl groups excluding tert-OH is 1. The number of fused-ring (bicyclic) bond motifs is 2. The molecule has 2 aromatic carbocycles. The van der Waals surface area contributed by atoms with Crippen molar-refractivity contribution in [3.8, 4) is 11.5 Å². The van der Waals surface area contributed by atoms with Crippen LogP contribution in [0.5, 0.6) is 11.5 Å². The first-order valence-electron chi connectivity index (χ1n) is 13.3. The van der Waals surface area contributed by atoms with Crippen LogP contribution in [0.3, 0.4) is 0 Å². The van der Waals surface area contributed by atoms with E-state index in [0.717, 1.165) is 12.8 Å². The van der Waals surface area contributed by atoms with E-state index in [1.165, 1.54) is 0 Å². The number of guanidine groups is 1. The quantitative estimate of drug-likeness (QED) is 0.553. The number of aliphatic hydroxyl groups is 1. The van der Waals surface area contributed by atoms with Crippen LogP contribution in [-0.4, -0.2) is 51.6 Å². The summed E-state index contributed by atoms with van der Waals surface area (Å²) >= 11 is 0. The number of nitrogens with one attached hydrogen (secondary N) is 1. The van der Waals surface area contributed by atoms with Crippen molar-refractivity contribution in [1.29, 1.82) is 0 Å². The number of benzene rings is 2. The summed E-state index contributed by atoms with van der Waals surface area (Å²) in [6, 6.07) is 11.5.